The van der Waals surface area contributed by atoms with E-state index in [1.807, 2.05) is 0 Å². The molecule has 3 nitrogen and oxygen atoms in total. The molecule has 0 atom stereocenters. The minimum Gasteiger partial charge on any atom is -0.395 e. The molecule has 0 spiro atoms. The molecular formula is C13H17NO2. The predicted molar refractivity (Wildman–Crippen MR) is 63.0 cm³/mol. The number of likely N-dealkylation sites (N-methyl/N-ethyl adjacent to an activating group) is 1. The van der Waals surface area contributed by atoms with E-state index in [2.05, 4.69) is 30.1 Å². The first-order valence-electron chi connectivity index (χ1n) is 5.78. The SMILES string of the molecule is CN1CCc2cc(C3(CO)COC3)ccc21. The average Bonchev–Trinajstić information content (AvgIpc) is 2.60. The summed E-state index contributed by atoms with van der Waals surface area (Å²) in [4.78, 5) is 2.28. The van der Waals surface area contributed by atoms with Crippen molar-refractivity contribution in [1.29, 1.82) is 0 Å². The van der Waals surface area contributed by atoms with E-state index in [4.69, 9.17) is 4.74 Å². The number of hydrogen-bond donors (Lipinski definition) is 1. The second-order valence-corrected chi connectivity index (χ2v) is 4.95. The van der Waals surface area contributed by atoms with E-state index in [0.717, 1.165) is 13.0 Å². The van der Waals surface area contributed by atoms with Crippen LogP contribution in [0.25, 0.3) is 0 Å². The lowest BCUT2D eigenvalue weighted by atomic mass is 9.79. The molecule has 0 aliphatic carbocycles. The molecule has 1 saturated heterocycles. The number of hydrogen-bond acceptors (Lipinski definition) is 3. The van der Waals surface area contributed by atoms with E-state index in [0.29, 0.717) is 13.2 Å². The first-order valence-corrected chi connectivity index (χ1v) is 5.78. The predicted octanol–water partition coefficient (Wildman–Crippen LogP) is 0.939. The Balaban J connectivity index is 1.98. The van der Waals surface area contributed by atoms with E-state index in [-0.39, 0.29) is 12.0 Å². The number of aliphatic hydroxyl groups excluding tert-OH is 1. The Morgan fingerprint density at radius 3 is 2.88 bits per heavy atom. The number of ether oxygens (including phenoxy) is 1. The molecule has 0 radical (unpaired) electrons. The van der Waals surface area contributed by atoms with E-state index in [1.165, 1.54) is 16.8 Å². The quantitative estimate of drug-likeness (QED) is 0.803. The fourth-order valence-corrected chi connectivity index (χ4v) is 2.59. The van der Waals surface area contributed by atoms with Gasteiger partial charge in [-0.15, -0.1) is 0 Å². The molecule has 0 bridgehead atoms. The van der Waals surface area contributed by atoms with Gasteiger partial charge in [-0.3, -0.25) is 0 Å². The summed E-state index contributed by atoms with van der Waals surface area (Å²) in [5.74, 6) is 0. The maximum absolute atomic E-state index is 9.50. The van der Waals surface area contributed by atoms with Crippen LogP contribution in [0.5, 0.6) is 0 Å². The normalized spacial score (nSPS) is 21.8. The third-order valence-electron chi connectivity index (χ3n) is 3.88. The van der Waals surface area contributed by atoms with Crippen LogP contribution in [0.2, 0.25) is 0 Å². The molecule has 1 fully saturated rings. The fourth-order valence-electron chi connectivity index (χ4n) is 2.59. The van der Waals surface area contributed by atoms with Gasteiger partial charge in [0.1, 0.15) is 0 Å². The summed E-state index contributed by atoms with van der Waals surface area (Å²) in [6.07, 6.45) is 1.11. The number of benzene rings is 1. The Kier molecular flexibility index (Phi) is 2.19. The van der Waals surface area contributed by atoms with E-state index >= 15 is 0 Å². The van der Waals surface area contributed by atoms with Gasteiger partial charge in [0.25, 0.3) is 0 Å². The zero-order chi connectivity index (χ0) is 11.2. The summed E-state index contributed by atoms with van der Waals surface area (Å²) < 4.78 is 5.25. The number of anilines is 1. The highest BCUT2D eigenvalue weighted by molar-refractivity contribution is 5.59. The Morgan fingerprint density at radius 2 is 2.25 bits per heavy atom. The lowest BCUT2D eigenvalue weighted by Gasteiger charge is -2.40. The van der Waals surface area contributed by atoms with Crippen LogP contribution in [0, 0.1) is 0 Å². The molecule has 1 aromatic rings. The minimum absolute atomic E-state index is 0.129. The highest BCUT2D eigenvalue weighted by atomic mass is 16.5. The standard InChI is InChI=1S/C13H17NO2/c1-14-5-4-10-6-11(2-3-12(10)14)13(7-15)8-16-9-13/h2-3,6,15H,4-5,7-9H2,1H3. The molecule has 86 valence electrons. The first-order chi connectivity index (χ1) is 7.75. The molecule has 3 rings (SSSR count). The maximum atomic E-state index is 9.50. The lowest BCUT2D eigenvalue weighted by molar-refractivity contribution is -0.0841. The third kappa shape index (κ3) is 1.28. The van der Waals surface area contributed by atoms with Crippen LogP contribution in [0.4, 0.5) is 5.69 Å². The zero-order valence-corrected chi connectivity index (χ0v) is 9.57. The Bertz CT molecular complexity index is 407. The summed E-state index contributed by atoms with van der Waals surface area (Å²) in [7, 11) is 2.12. The molecule has 1 aromatic carbocycles. The van der Waals surface area contributed by atoms with E-state index in [1.54, 1.807) is 0 Å². The summed E-state index contributed by atoms with van der Waals surface area (Å²) in [6, 6.07) is 6.56. The molecule has 1 N–H and O–H groups in total. The second kappa shape index (κ2) is 3.47. The number of rotatable bonds is 2. The highest BCUT2D eigenvalue weighted by Gasteiger charge is 2.40. The van der Waals surface area contributed by atoms with Gasteiger partial charge in [0.2, 0.25) is 0 Å². The molecule has 16 heavy (non-hydrogen) atoms. The van der Waals surface area contributed by atoms with Gasteiger partial charge >= 0.3 is 0 Å². The van der Waals surface area contributed by atoms with Gasteiger partial charge in [0.15, 0.2) is 0 Å². The van der Waals surface area contributed by atoms with Crippen molar-refractivity contribution in [3.05, 3.63) is 29.3 Å². The van der Waals surface area contributed by atoms with Crippen molar-refractivity contribution in [2.45, 2.75) is 11.8 Å². The van der Waals surface area contributed by atoms with Crippen molar-refractivity contribution in [2.24, 2.45) is 0 Å². The largest absolute Gasteiger partial charge is 0.395 e. The molecule has 2 aliphatic heterocycles. The molecule has 0 saturated carbocycles. The van der Waals surface area contributed by atoms with Crippen molar-refractivity contribution in [3.8, 4) is 0 Å². The van der Waals surface area contributed by atoms with Gasteiger partial charge in [0.05, 0.1) is 25.2 Å². The van der Waals surface area contributed by atoms with Gasteiger partial charge in [0, 0.05) is 19.3 Å². The van der Waals surface area contributed by atoms with Crippen LogP contribution in [0.1, 0.15) is 11.1 Å². The van der Waals surface area contributed by atoms with Crippen molar-refractivity contribution >= 4 is 5.69 Å². The summed E-state index contributed by atoms with van der Waals surface area (Å²) in [5.41, 5.74) is 3.84. The van der Waals surface area contributed by atoms with Gasteiger partial charge in [-0.1, -0.05) is 12.1 Å². The molecule has 0 aromatic heterocycles. The van der Waals surface area contributed by atoms with Crippen LogP contribution in [-0.4, -0.2) is 38.5 Å². The molecule has 0 unspecified atom stereocenters. The summed E-state index contributed by atoms with van der Waals surface area (Å²) in [6.45, 7) is 2.58. The van der Waals surface area contributed by atoms with Crippen molar-refractivity contribution in [2.75, 3.05) is 38.3 Å². The van der Waals surface area contributed by atoms with Crippen LogP contribution >= 0.6 is 0 Å². The smallest absolute Gasteiger partial charge is 0.0651 e. The second-order valence-electron chi connectivity index (χ2n) is 4.95. The monoisotopic (exact) mass is 219 g/mol. The van der Waals surface area contributed by atoms with Gasteiger partial charge in [-0.05, 0) is 23.6 Å². The van der Waals surface area contributed by atoms with Crippen LogP contribution in [0.15, 0.2) is 18.2 Å². The fraction of sp³-hybridized carbons (Fsp3) is 0.538. The maximum Gasteiger partial charge on any atom is 0.0651 e. The molecule has 3 heteroatoms. The first kappa shape index (κ1) is 10.1. The van der Waals surface area contributed by atoms with Gasteiger partial charge in [-0.2, -0.15) is 0 Å². The van der Waals surface area contributed by atoms with Gasteiger partial charge < -0.3 is 14.7 Å². The van der Waals surface area contributed by atoms with E-state index in [9.17, 15) is 5.11 Å². The topological polar surface area (TPSA) is 32.7 Å². The molecule has 2 aliphatic rings. The molecular weight excluding hydrogens is 202 g/mol. The zero-order valence-electron chi connectivity index (χ0n) is 9.57. The van der Waals surface area contributed by atoms with Gasteiger partial charge in [-0.25, -0.2) is 0 Å². The van der Waals surface area contributed by atoms with Crippen LogP contribution in [-0.2, 0) is 16.6 Å². The lowest BCUT2D eigenvalue weighted by Crippen LogP contribution is -2.49. The summed E-state index contributed by atoms with van der Waals surface area (Å²) in [5, 5.41) is 9.50. The molecule has 2 heterocycles. The number of aliphatic hydroxyl groups is 1. The van der Waals surface area contributed by atoms with E-state index < -0.39 is 0 Å². The Labute approximate surface area is 95.6 Å². The van der Waals surface area contributed by atoms with Crippen molar-refractivity contribution < 1.29 is 9.84 Å². The molecule has 0 amide bonds. The van der Waals surface area contributed by atoms with Crippen molar-refractivity contribution in [3.63, 3.8) is 0 Å². The highest BCUT2D eigenvalue weighted by Crippen LogP contribution is 2.36. The van der Waals surface area contributed by atoms with Crippen LogP contribution in [0.3, 0.4) is 0 Å². The Hall–Kier alpha value is -1.06. The number of nitrogens with zero attached hydrogens (tertiary/aromatic N) is 1. The minimum atomic E-state index is -0.129. The average molecular weight is 219 g/mol. The van der Waals surface area contributed by atoms with Crippen LogP contribution < -0.4 is 4.90 Å². The Morgan fingerprint density at radius 1 is 1.44 bits per heavy atom. The summed E-state index contributed by atoms with van der Waals surface area (Å²) >= 11 is 0. The third-order valence-corrected chi connectivity index (χ3v) is 3.88. The van der Waals surface area contributed by atoms with Crippen molar-refractivity contribution in [1.82, 2.24) is 0 Å². The number of fused-ring (bicyclic) bond motifs is 1.